The molecule has 1 aliphatic carbocycles. The van der Waals surface area contributed by atoms with Crippen LogP contribution < -0.4 is 0 Å². The summed E-state index contributed by atoms with van der Waals surface area (Å²) < 4.78 is 0. The maximum atomic E-state index is 6.22. The first-order chi connectivity index (χ1) is 9.63. The van der Waals surface area contributed by atoms with E-state index >= 15 is 0 Å². The summed E-state index contributed by atoms with van der Waals surface area (Å²) >= 11 is 18.3. The Labute approximate surface area is 133 Å². The highest BCUT2D eigenvalue weighted by molar-refractivity contribution is 6.36. The van der Waals surface area contributed by atoms with Gasteiger partial charge in [-0.3, -0.25) is 0 Å². The zero-order valence-corrected chi connectivity index (χ0v) is 13.0. The fourth-order valence-corrected chi connectivity index (χ4v) is 3.34. The summed E-state index contributed by atoms with van der Waals surface area (Å²) in [4.78, 5) is 8.95. The number of benzene rings is 1. The summed E-state index contributed by atoms with van der Waals surface area (Å²) in [5, 5.41) is 1.59. The van der Waals surface area contributed by atoms with Crippen molar-refractivity contribution >= 4 is 34.8 Å². The van der Waals surface area contributed by atoms with Crippen molar-refractivity contribution < 1.29 is 0 Å². The van der Waals surface area contributed by atoms with Crippen LogP contribution in [0.2, 0.25) is 15.2 Å². The summed E-state index contributed by atoms with van der Waals surface area (Å²) in [6.45, 7) is 0. The first-order valence-electron chi connectivity index (χ1n) is 6.63. The molecule has 0 amide bonds. The van der Waals surface area contributed by atoms with Crippen LogP contribution in [0.1, 0.15) is 37.3 Å². The Hall–Kier alpha value is -0.830. The standard InChI is InChI=1S/C15H13Cl3N2/c16-10-5-6-11(12(17)7-10)15-19-13(8-14(18)20-15)9-3-1-2-4-9/h5-9H,1-4H2. The van der Waals surface area contributed by atoms with Gasteiger partial charge in [0.1, 0.15) is 5.15 Å². The van der Waals surface area contributed by atoms with E-state index in [1.165, 1.54) is 25.7 Å². The average molecular weight is 328 g/mol. The summed E-state index contributed by atoms with van der Waals surface area (Å²) in [6, 6.07) is 7.17. The van der Waals surface area contributed by atoms with Crippen LogP contribution in [-0.2, 0) is 0 Å². The first kappa shape index (κ1) is 14.1. The van der Waals surface area contributed by atoms with Gasteiger partial charge >= 0.3 is 0 Å². The molecule has 1 heterocycles. The molecule has 1 saturated carbocycles. The third-order valence-corrected chi connectivity index (χ3v) is 4.40. The van der Waals surface area contributed by atoms with Gasteiger partial charge in [0.2, 0.25) is 0 Å². The molecule has 1 aromatic carbocycles. The van der Waals surface area contributed by atoms with Gasteiger partial charge in [0.15, 0.2) is 5.82 Å². The van der Waals surface area contributed by atoms with E-state index in [9.17, 15) is 0 Å². The smallest absolute Gasteiger partial charge is 0.162 e. The van der Waals surface area contributed by atoms with E-state index in [-0.39, 0.29) is 0 Å². The molecule has 0 aliphatic heterocycles. The number of rotatable bonds is 2. The molecule has 2 nitrogen and oxygen atoms in total. The van der Waals surface area contributed by atoms with E-state index in [0.29, 0.717) is 26.9 Å². The molecular weight excluding hydrogens is 315 g/mol. The fourth-order valence-electron chi connectivity index (χ4n) is 2.66. The second-order valence-corrected chi connectivity index (χ2v) is 6.28. The van der Waals surface area contributed by atoms with Gasteiger partial charge in [0.25, 0.3) is 0 Å². The molecule has 0 unspecified atom stereocenters. The van der Waals surface area contributed by atoms with Crippen molar-refractivity contribution in [2.45, 2.75) is 31.6 Å². The molecule has 0 spiro atoms. The Bertz CT molecular complexity index is 637. The zero-order chi connectivity index (χ0) is 14.1. The van der Waals surface area contributed by atoms with E-state index in [4.69, 9.17) is 34.8 Å². The van der Waals surface area contributed by atoms with Crippen molar-refractivity contribution in [3.05, 3.63) is 45.2 Å². The Morgan fingerprint density at radius 1 is 0.950 bits per heavy atom. The fraction of sp³-hybridized carbons (Fsp3) is 0.333. The highest BCUT2D eigenvalue weighted by Gasteiger charge is 2.20. The van der Waals surface area contributed by atoms with E-state index < -0.39 is 0 Å². The quantitative estimate of drug-likeness (QED) is 0.655. The Balaban J connectivity index is 2.04. The minimum absolute atomic E-state index is 0.461. The van der Waals surface area contributed by atoms with Crippen LogP contribution in [0.4, 0.5) is 0 Å². The number of aromatic nitrogens is 2. The third kappa shape index (κ3) is 2.93. The minimum atomic E-state index is 0.461. The predicted molar refractivity (Wildman–Crippen MR) is 83.7 cm³/mol. The van der Waals surface area contributed by atoms with Gasteiger partial charge in [-0.2, -0.15) is 0 Å². The van der Waals surface area contributed by atoms with Gasteiger partial charge in [-0.25, -0.2) is 9.97 Å². The predicted octanol–water partition coefficient (Wildman–Crippen LogP) is 5.76. The molecule has 0 N–H and O–H groups in total. The van der Waals surface area contributed by atoms with Crippen molar-refractivity contribution in [1.29, 1.82) is 0 Å². The second-order valence-electron chi connectivity index (χ2n) is 5.04. The maximum Gasteiger partial charge on any atom is 0.162 e. The maximum absolute atomic E-state index is 6.22. The van der Waals surface area contributed by atoms with Crippen LogP contribution in [0.15, 0.2) is 24.3 Å². The van der Waals surface area contributed by atoms with Gasteiger partial charge in [0.05, 0.1) is 5.02 Å². The van der Waals surface area contributed by atoms with Crippen LogP contribution in [0.3, 0.4) is 0 Å². The van der Waals surface area contributed by atoms with Gasteiger partial charge in [-0.1, -0.05) is 47.6 Å². The number of hydrogen-bond acceptors (Lipinski definition) is 2. The molecule has 1 aliphatic rings. The first-order valence-corrected chi connectivity index (χ1v) is 7.77. The number of nitrogens with zero attached hydrogens (tertiary/aromatic N) is 2. The molecule has 20 heavy (non-hydrogen) atoms. The largest absolute Gasteiger partial charge is 0.233 e. The molecule has 0 atom stereocenters. The number of hydrogen-bond donors (Lipinski definition) is 0. The lowest BCUT2D eigenvalue weighted by molar-refractivity contribution is 0.695. The van der Waals surface area contributed by atoms with Crippen LogP contribution in [0.25, 0.3) is 11.4 Å². The van der Waals surface area contributed by atoms with E-state index in [1.54, 1.807) is 12.1 Å². The average Bonchev–Trinajstić information content (AvgIpc) is 2.91. The summed E-state index contributed by atoms with van der Waals surface area (Å²) in [7, 11) is 0. The molecule has 0 bridgehead atoms. The Morgan fingerprint density at radius 2 is 1.70 bits per heavy atom. The third-order valence-electron chi connectivity index (χ3n) is 3.66. The number of halogens is 3. The SMILES string of the molecule is Clc1ccc(-c2nc(Cl)cc(C3CCCC3)n2)c(Cl)c1. The molecule has 2 aromatic rings. The second kappa shape index (κ2) is 5.88. The van der Waals surface area contributed by atoms with Crippen molar-refractivity contribution in [2.24, 2.45) is 0 Å². The highest BCUT2D eigenvalue weighted by Crippen LogP contribution is 2.35. The van der Waals surface area contributed by atoms with E-state index in [1.807, 2.05) is 12.1 Å². The Morgan fingerprint density at radius 3 is 2.40 bits per heavy atom. The lowest BCUT2D eigenvalue weighted by atomic mass is 10.0. The van der Waals surface area contributed by atoms with Crippen molar-refractivity contribution in [3.8, 4) is 11.4 Å². The summed E-state index contributed by atoms with van der Waals surface area (Å²) in [5.41, 5.74) is 1.78. The molecule has 104 valence electrons. The lowest BCUT2D eigenvalue weighted by Crippen LogP contribution is -2.00. The minimum Gasteiger partial charge on any atom is -0.233 e. The molecule has 3 rings (SSSR count). The van der Waals surface area contributed by atoms with Crippen LogP contribution >= 0.6 is 34.8 Å². The van der Waals surface area contributed by atoms with Crippen LogP contribution in [-0.4, -0.2) is 9.97 Å². The monoisotopic (exact) mass is 326 g/mol. The molecular formula is C15H13Cl3N2. The summed E-state index contributed by atoms with van der Waals surface area (Å²) in [5.74, 6) is 1.06. The van der Waals surface area contributed by atoms with Crippen molar-refractivity contribution in [2.75, 3.05) is 0 Å². The van der Waals surface area contributed by atoms with Gasteiger partial charge in [-0.05, 0) is 37.1 Å². The van der Waals surface area contributed by atoms with Crippen molar-refractivity contribution in [1.82, 2.24) is 9.97 Å². The van der Waals surface area contributed by atoms with Crippen LogP contribution in [0.5, 0.6) is 0 Å². The van der Waals surface area contributed by atoms with E-state index in [0.717, 1.165) is 11.3 Å². The van der Waals surface area contributed by atoms with Gasteiger partial charge < -0.3 is 0 Å². The highest BCUT2D eigenvalue weighted by atomic mass is 35.5. The normalized spacial score (nSPS) is 15.8. The summed E-state index contributed by atoms with van der Waals surface area (Å²) in [6.07, 6.45) is 4.84. The molecule has 0 saturated heterocycles. The van der Waals surface area contributed by atoms with Crippen LogP contribution in [0, 0.1) is 0 Å². The van der Waals surface area contributed by atoms with Gasteiger partial charge in [-0.15, -0.1) is 0 Å². The van der Waals surface area contributed by atoms with E-state index in [2.05, 4.69) is 9.97 Å². The Kier molecular flexibility index (Phi) is 4.16. The van der Waals surface area contributed by atoms with Gasteiger partial charge in [0, 0.05) is 22.2 Å². The lowest BCUT2D eigenvalue weighted by Gasteiger charge is -2.11. The zero-order valence-electron chi connectivity index (χ0n) is 10.7. The topological polar surface area (TPSA) is 25.8 Å². The molecule has 1 aromatic heterocycles. The van der Waals surface area contributed by atoms with Crippen molar-refractivity contribution in [3.63, 3.8) is 0 Å². The molecule has 0 radical (unpaired) electrons. The molecule has 5 heteroatoms. The molecule has 1 fully saturated rings.